The molecule has 2 rings (SSSR count). The average Bonchev–Trinajstić information content (AvgIpc) is 2.40. The minimum Gasteiger partial charge on any atom is -0.385 e. The van der Waals surface area contributed by atoms with Crippen LogP contribution in [0.25, 0.3) is 10.9 Å². The van der Waals surface area contributed by atoms with Gasteiger partial charge in [-0.15, -0.1) is 0 Å². The van der Waals surface area contributed by atoms with Gasteiger partial charge in [0.2, 0.25) is 0 Å². The number of rotatable bonds is 0. The maximum absolute atomic E-state index is 10.8. The first-order valence-electron chi connectivity index (χ1n) is 4.26. The van der Waals surface area contributed by atoms with Gasteiger partial charge < -0.3 is 10.7 Å². The van der Waals surface area contributed by atoms with Crippen molar-refractivity contribution in [3.8, 4) is 0 Å². The Kier molecular flexibility index (Phi) is 3.52. The Morgan fingerprint density at radius 2 is 1.87 bits per heavy atom. The summed E-state index contributed by atoms with van der Waals surface area (Å²) in [5, 5.41) is -1.86. The van der Waals surface area contributed by atoms with Crippen LogP contribution in [-0.2, 0) is 0 Å². The fraction of sp³-hybridized carbons (Fsp3) is 0.200. The van der Waals surface area contributed by atoms with E-state index >= 15 is 0 Å². The molecule has 82 valence electrons. The highest BCUT2D eigenvalue weighted by Gasteiger charge is 2.12. The highest BCUT2D eigenvalue weighted by atomic mass is 35.5. The molecule has 2 nitrogen and oxygen atoms in total. The minimum atomic E-state index is -3.03. The summed E-state index contributed by atoms with van der Waals surface area (Å²) in [6, 6.07) is 9.94. The van der Waals surface area contributed by atoms with Crippen molar-refractivity contribution in [3.05, 3.63) is 30.3 Å². The number of H-pyrrole nitrogens is 1. The van der Waals surface area contributed by atoms with Crippen molar-refractivity contribution in [2.45, 2.75) is 12.3 Å². The third-order valence-corrected chi connectivity index (χ3v) is 1.55. The lowest BCUT2D eigenvalue weighted by molar-refractivity contribution is 0.119. The number of nitrogen functional groups attached to an aromatic ring is 1. The van der Waals surface area contributed by atoms with Gasteiger partial charge in [0.15, 0.2) is 0 Å². The molecule has 0 bridgehead atoms. The first-order valence-corrected chi connectivity index (χ1v) is 4.64. The van der Waals surface area contributed by atoms with Crippen molar-refractivity contribution in [1.82, 2.24) is 4.98 Å². The molecule has 0 amide bonds. The van der Waals surface area contributed by atoms with Crippen LogP contribution in [0, 0.1) is 0 Å². The molecule has 0 saturated heterocycles. The van der Waals surface area contributed by atoms with Gasteiger partial charge in [0.25, 0.3) is 0 Å². The van der Waals surface area contributed by atoms with E-state index in [4.69, 9.17) is 5.73 Å². The minimum absolute atomic E-state index is 0.620. The van der Waals surface area contributed by atoms with Crippen LogP contribution in [-0.4, -0.2) is 10.4 Å². The van der Waals surface area contributed by atoms with E-state index in [-0.39, 0.29) is 0 Å². The van der Waals surface area contributed by atoms with Crippen molar-refractivity contribution < 1.29 is 8.78 Å². The fourth-order valence-electron chi connectivity index (χ4n) is 1.10. The molecular weight excluding hydrogens is 222 g/mol. The number of hydrogen-bond acceptors (Lipinski definition) is 1. The smallest absolute Gasteiger partial charge is 0.318 e. The molecule has 2 aromatic rings. The molecule has 1 heterocycles. The van der Waals surface area contributed by atoms with Crippen LogP contribution in [0.4, 0.5) is 14.6 Å². The third kappa shape index (κ3) is 4.65. The zero-order chi connectivity index (χ0) is 11.5. The van der Waals surface area contributed by atoms with Gasteiger partial charge in [-0.1, -0.05) is 18.2 Å². The standard InChI is InChI=1S/C8H8N2.C2H3ClF2/c9-8-5-6-3-1-2-4-7(6)10-8;1-2(3,4)5/h1-5,10H,9H2;1H3. The summed E-state index contributed by atoms with van der Waals surface area (Å²) >= 11 is 4.20. The molecule has 1 aromatic carbocycles. The second-order valence-corrected chi connectivity index (χ2v) is 3.76. The molecule has 0 atom stereocenters. The summed E-state index contributed by atoms with van der Waals surface area (Å²) in [5.41, 5.74) is 6.63. The quantitative estimate of drug-likeness (QED) is 0.670. The number of nitrogens with one attached hydrogen (secondary N) is 1. The molecule has 0 saturated carbocycles. The summed E-state index contributed by atoms with van der Waals surface area (Å²) < 4.78 is 21.6. The largest absolute Gasteiger partial charge is 0.385 e. The lowest BCUT2D eigenvalue weighted by atomic mass is 10.3. The van der Waals surface area contributed by atoms with Gasteiger partial charge in [0.1, 0.15) is 5.82 Å². The first kappa shape index (κ1) is 11.8. The predicted molar refractivity (Wildman–Crippen MR) is 59.2 cm³/mol. The SMILES string of the molecule is CC(F)(F)Cl.Nc1cc2ccccc2[nH]1. The number of benzene rings is 1. The molecule has 1 aromatic heterocycles. The second-order valence-electron chi connectivity index (χ2n) is 3.09. The molecule has 0 unspecified atom stereocenters. The van der Waals surface area contributed by atoms with Crippen LogP contribution in [0.15, 0.2) is 30.3 Å². The normalized spacial score (nSPS) is 10.9. The molecule has 15 heavy (non-hydrogen) atoms. The Balaban J connectivity index is 0.000000195. The molecule has 0 aliphatic carbocycles. The molecule has 0 fully saturated rings. The number of aromatic nitrogens is 1. The number of fused-ring (bicyclic) bond motifs is 1. The maximum Gasteiger partial charge on any atom is 0.318 e. The molecule has 0 aliphatic heterocycles. The van der Waals surface area contributed by atoms with E-state index in [1.807, 2.05) is 30.3 Å². The second kappa shape index (κ2) is 4.49. The number of halogens is 3. The average molecular weight is 233 g/mol. The number of aromatic amines is 1. The molecule has 5 heteroatoms. The van der Waals surface area contributed by atoms with Crippen LogP contribution in [0.1, 0.15) is 6.92 Å². The Bertz CT molecular complexity index is 395. The van der Waals surface area contributed by atoms with E-state index in [2.05, 4.69) is 16.6 Å². The Hall–Kier alpha value is -1.29. The van der Waals surface area contributed by atoms with Crippen LogP contribution in [0.5, 0.6) is 0 Å². The van der Waals surface area contributed by atoms with Crippen LogP contribution in [0.2, 0.25) is 0 Å². The van der Waals surface area contributed by atoms with Crippen molar-refractivity contribution in [1.29, 1.82) is 0 Å². The first-order chi connectivity index (χ1) is 6.86. The van der Waals surface area contributed by atoms with Gasteiger partial charge in [-0.05, 0) is 23.7 Å². The third-order valence-electron chi connectivity index (χ3n) is 1.55. The summed E-state index contributed by atoms with van der Waals surface area (Å²) in [5.74, 6) is 0.723. The van der Waals surface area contributed by atoms with Crippen LogP contribution < -0.4 is 5.73 Å². The zero-order valence-corrected chi connectivity index (χ0v) is 8.85. The van der Waals surface area contributed by atoms with E-state index < -0.39 is 5.38 Å². The van der Waals surface area contributed by atoms with E-state index in [0.717, 1.165) is 11.3 Å². The van der Waals surface area contributed by atoms with Gasteiger partial charge in [-0.2, -0.15) is 8.78 Å². The van der Waals surface area contributed by atoms with E-state index in [0.29, 0.717) is 6.92 Å². The summed E-state index contributed by atoms with van der Waals surface area (Å²) in [4.78, 5) is 3.04. The molecule has 3 N–H and O–H groups in total. The highest BCUT2D eigenvalue weighted by molar-refractivity contribution is 6.21. The number of alkyl halides is 3. The Labute approximate surface area is 91.0 Å². The van der Waals surface area contributed by atoms with Gasteiger partial charge in [-0.25, -0.2) is 0 Å². The van der Waals surface area contributed by atoms with Gasteiger partial charge >= 0.3 is 5.38 Å². The monoisotopic (exact) mass is 232 g/mol. The van der Waals surface area contributed by atoms with Crippen molar-refractivity contribution in [3.63, 3.8) is 0 Å². The zero-order valence-electron chi connectivity index (χ0n) is 8.10. The Morgan fingerprint density at radius 1 is 1.33 bits per heavy atom. The molecule has 0 aliphatic rings. The summed E-state index contributed by atoms with van der Waals surface area (Å²) in [6.45, 7) is 0.620. The van der Waals surface area contributed by atoms with Crippen molar-refractivity contribution in [2.75, 3.05) is 5.73 Å². The van der Waals surface area contributed by atoms with Crippen molar-refractivity contribution >= 4 is 28.3 Å². The van der Waals surface area contributed by atoms with E-state index in [9.17, 15) is 8.78 Å². The number of hydrogen-bond donors (Lipinski definition) is 2. The highest BCUT2D eigenvalue weighted by Crippen LogP contribution is 2.15. The van der Waals surface area contributed by atoms with Gasteiger partial charge in [0, 0.05) is 17.8 Å². The number of para-hydroxylation sites is 1. The van der Waals surface area contributed by atoms with Gasteiger partial charge in [-0.3, -0.25) is 0 Å². The molecular formula is C10H11ClF2N2. The fourth-order valence-corrected chi connectivity index (χ4v) is 1.10. The lowest BCUT2D eigenvalue weighted by Crippen LogP contribution is -1.92. The van der Waals surface area contributed by atoms with E-state index in [1.54, 1.807) is 0 Å². The molecule has 0 radical (unpaired) electrons. The predicted octanol–water partition coefficient (Wildman–Crippen LogP) is 3.59. The maximum atomic E-state index is 10.8. The number of nitrogens with two attached hydrogens (primary N) is 1. The van der Waals surface area contributed by atoms with E-state index in [1.165, 1.54) is 5.39 Å². The number of anilines is 1. The molecule has 0 spiro atoms. The van der Waals surface area contributed by atoms with Crippen LogP contribution >= 0.6 is 11.6 Å². The lowest BCUT2D eigenvalue weighted by Gasteiger charge is -1.90. The summed E-state index contributed by atoms with van der Waals surface area (Å²) in [6.07, 6.45) is 0. The topological polar surface area (TPSA) is 41.8 Å². The van der Waals surface area contributed by atoms with Crippen molar-refractivity contribution in [2.24, 2.45) is 0 Å². The van der Waals surface area contributed by atoms with Gasteiger partial charge in [0.05, 0.1) is 0 Å². The Morgan fingerprint density at radius 3 is 2.40 bits per heavy atom. The summed E-state index contributed by atoms with van der Waals surface area (Å²) in [7, 11) is 0. The van der Waals surface area contributed by atoms with Crippen LogP contribution in [0.3, 0.4) is 0 Å².